The summed E-state index contributed by atoms with van der Waals surface area (Å²) in [7, 11) is -3.17. The van der Waals surface area contributed by atoms with E-state index in [1.807, 2.05) is 0 Å². The zero-order chi connectivity index (χ0) is 16.0. The molecular formula is C12H20N5O4P. The molecule has 2 aromatic heterocycles. The summed E-state index contributed by atoms with van der Waals surface area (Å²) in [5.41, 5.74) is 7.20. The Balaban J connectivity index is 1.90. The Morgan fingerprint density at radius 1 is 1.27 bits per heavy atom. The predicted molar refractivity (Wildman–Crippen MR) is 80.6 cm³/mol. The van der Waals surface area contributed by atoms with Gasteiger partial charge in [0, 0.05) is 12.0 Å². The maximum Gasteiger partial charge on any atom is 0.356 e. The van der Waals surface area contributed by atoms with E-state index in [9.17, 15) is 4.57 Å². The predicted octanol–water partition coefficient (Wildman–Crippen LogP) is 1.49. The van der Waals surface area contributed by atoms with E-state index in [-0.39, 0.29) is 12.3 Å². The topological polar surface area (TPSA) is 114 Å². The van der Waals surface area contributed by atoms with E-state index in [2.05, 4.69) is 15.1 Å². The van der Waals surface area contributed by atoms with Gasteiger partial charge in [0.25, 0.3) is 0 Å². The van der Waals surface area contributed by atoms with Crippen molar-refractivity contribution in [2.24, 2.45) is 0 Å². The van der Waals surface area contributed by atoms with Crippen LogP contribution in [0.1, 0.15) is 19.4 Å². The van der Waals surface area contributed by atoms with Crippen LogP contribution in [-0.2, 0) is 24.8 Å². The number of rotatable bonds is 9. The molecule has 0 aliphatic rings. The number of nitrogens with two attached hydrogens (primary N) is 1. The maximum absolute atomic E-state index is 12.2. The van der Waals surface area contributed by atoms with Crippen LogP contribution in [-0.4, -0.2) is 45.8 Å². The lowest BCUT2D eigenvalue weighted by molar-refractivity contribution is 0.134. The molecule has 2 heterocycles. The van der Waals surface area contributed by atoms with Gasteiger partial charge in [-0.25, -0.2) is 9.97 Å². The summed E-state index contributed by atoms with van der Waals surface area (Å²) < 4.78 is 29.4. The van der Waals surface area contributed by atoms with Crippen molar-refractivity contribution >= 4 is 19.2 Å². The van der Waals surface area contributed by atoms with Gasteiger partial charge in [0.2, 0.25) is 5.95 Å². The summed E-state index contributed by atoms with van der Waals surface area (Å²) in [4.78, 5) is 7.99. The van der Waals surface area contributed by atoms with Gasteiger partial charge < -0.3 is 19.5 Å². The van der Waals surface area contributed by atoms with Gasteiger partial charge in [-0.05, 0) is 13.8 Å². The first-order chi connectivity index (χ1) is 10.6. The lowest BCUT2D eigenvalue weighted by Gasteiger charge is -2.16. The average Bonchev–Trinajstić information content (AvgIpc) is 2.89. The molecule has 122 valence electrons. The standard InChI is InChI=1S/C12H20N5O4P/c1-3-20-22(18,21-4-2)9-19-6-5-10-7-16-17-11(10)14-8-15-12(17)13/h7-8H,3-6,9H2,1-2H3,(H2,13,14,15). The Morgan fingerprint density at radius 2 is 2.00 bits per heavy atom. The lowest BCUT2D eigenvalue weighted by Crippen LogP contribution is -2.06. The first-order valence-corrected chi connectivity index (χ1v) is 8.71. The molecule has 2 N–H and O–H groups in total. The van der Waals surface area contributed by atoms with Crippen molar-refractivity contribution in [3.05, 3.63) is 18.1 Å². The molecule has 0 aromatic carbocycles. The number of nitrogens with zero attached hydrogens (tertiary/aromatic N) is 4. The minimum absolute atomic E-state index is 0.0784. The third-order valence-electron chi connectivity index (χ3n) is 2.82. The quantitative estimate of drug-likeness (QED) is 0.543. The smallest absolute Gasteiger partial charge is 0.356 e. The summed E-state index contributed by atoms with van der Waals surface area (Å²) in [5, 5.41) is 4.11. The molecule has 0 fully saturated rings. The number of aromatic nitrogens is 4. The molecule has 22 heavy (non-hydrogen) atoms. The van der Waals surface area contributed by atoms with E-state index >= 15 is 0 Å². The number of fused-ring (bicyclic) bond motifs is 1. The minimum Gasteiger partial charge on any atom is -0.368 e. The Hall–Kier alpha value is -1.54. The van der Waals surface area contributed by atoms with Gasteiger partial charge in [0.15, 0.2) is 5.65 Å². The molecule has 2 rings (SSSR count). The number of ether oxygens (including phenoxy) is 1. The van der Waals surface area contributed by atoms with Crippen LogP contribution in [0.25, 0.3) is 5.65 Å². The second-order valence-corrected chi connectivity index (χ2v) is 6.37. The summed E-state index contributed by atoms with van der Waals surface area (Å²) in [6, 6.07) is 0. The Morgan fingerprint density at radius 3 is 2.68 bits per heavy atom. The average molecular weight is 329 g/mol. The van der Waals surface area contributed by atoms with E-state index in [1.165, 1.54) is 10.8 Å². The van der Waals surface area contributed by atoms with Crippen LogP contribution in [0.15, 0.2) is 12.5 Å². The van der Waals surface area contributed by atoms with E-state index in [1.54, 1.807) is 20.0 Å². The molecule has 0 saturated heterocycles. The second kappa shape index (κ2) is 7.64. The molecule has 9 nitrogen and oxygen atoms in total. The van der Waals surface area contributed by atoms with Crippen LogP contribution in [0, 0.1) is 0 Å². The largest absolute Gasteiger partial charge is 0.368 e. The molecular weight excluding hydrogens is 309 g/mol. The number of anilines is 1. The van der Waals surface area contributed by atoms with Gasteiger partial charge in [-0.2, -0.15) is 9.61 Å². The molecule has 0 aliphatic heterocycles. The summed E-state index contributed by atoms with van der Waals surface area (Å²) in [5.74, 6) is 0.273. The van der Waals surface area contributed by atoms with Gasteiger partial charge in [-0.1, -0.05) is 0 Å². The first-order valence-electron chi connectivity index (χ1n) is 6.98. The summed E-state index contributed by atoms with van der Waals surface area (Å²) in [6.07, 6.45) is 3.52. The van der Waals surface area contributed by atoms with Crippen LogP contribution in [0.5, 0.6) is 0 Å². The molecule has 0 spiro atoms. The highest BCUT2D eigenvalue weighted by Gasteiger charge is 2.23. The molecule has 2 aromatic rings. The van der Waals surface area contributed by atoms with E-state index in [4.69, 9.17) is 19.5 Å². The second-order valence-electron chi connectivity index (χ2n) is 4.37. The van der Waals surface area contributed by atoms with Crippen molar-refractivity contribution < 1.29 is 18.3 Å². The first kappa shape index (κ1) is 16.8. The van der Waals surface area contributed by atoms with Gasteiger partial charge in [-0.3, -0.25) is 4.57 Å². The molecule has 0 saturated carbocycles. The molecule has 0 radical (unpaired) electrons. The maximum atomic E-state index is 12.2. The van der Waals surface area contributed by atoms with Gasteiger partial charge in [0.05, 0.1) is 26.0 Å². The SMILES string of the molecule is CCOP(=O)(COCCc1cnn2c(N)ncnc12)OCC. The van der Waals surface area contributed by atoms with Crippen LogP contribution >= 0.6 is 7.60 Å². The summed E-state index contributed by atoms with van der Waals surface area (Å²) >= 11 is 0. The van der Waals surface area contributed by atoms with Crippen LogP contribution in [0.2, 0.25) is 0 Å². The van der Waals surface area contributed by atoms with Crippen molar-refractivity contribution in [3.63, 3.8) is 0 Å². The molecule has 0 unspecified atom stereocenters. The van der Waals surface area contributed by atoms with Gasteiger partial charge in [0.1, 0.15) is 12.7 Å². The number of hydrogen-bond donors (Lipinski definition) is 1. The Labute approximate surface area is 128 Å². The highest BCUT2D eigenvalue weighted by Crippen LogP contribution is 2.47. The summed E-state index contributed by atoms with van der Waals surface area (Å²) in [6.45, 7) is 4.48. The molecule has 10 heteroatoms. The normalized spacial score (nSPS) is 12.1. The van der Waals surface area contributed by atoms with E-state index < -0.39 is 7.60 Å². The van der Waals surface area contributed by atoms with Crippen molar-refractivity contribution in [2.75, 3.05) is 31.9 Å². The lowest BCUT2D eigenvalue weighted by atomic mass is 10.2. The van der Waals surface area contributed by atoms with Crippen LogP contribution in [0.4, 0.5) is 5.95 Å². The zero-order valence-corrected chi connectivity index (χ0v) is 13.5. The van der Waals surface area contributed by atoms with Crippen LogP contribution < -0.4 is 5.73 Å². The van der Waals surface area contributed by atoms with E-state index in [0.717, 1.165) is 5.56 Å². The zero-order valence-electron chi connectivity index (χ0n) is 12.6. The molecule has 0 atom stereocenters. The molecule has 0 bridgehead atoms. The third-order valence-corrected chi connectivity index (χ3v) is 4.62. The van der Waals surface area contributed by atoms with Crippen molar-refractivity contribution in [1.82, 2.24) is 19.6 Å². The Kier molecular flexibility index (Phi) is 5.84. The molecule has 0 amide bonds. The van der Waals surface area contributed by atoms with Gasteiger partial charge in [-0.15, -0.1) is 0 Å². The number of hydrogen-bond acceptors (Lipinski definition) is 8. The van der Waals surface area contributed by atoms with Crippen molar-refractivity contribution in [1.29, 1.82) is 0 Å². The number of nitrogen functional groups attached to an aromatic ring is 1. The third kappa shape index (κ3) is 4.01. The van der Waals surface area contributed by atoms with Crippen LogP contribution in [0.3, 0.4) is 0 Å². The van der Waals surface area contributed by atoms with Gasteiger partial charge >= 0.3 is 7.60 Å². The fourth-order valence-corrected chi connectivity index (χ4v) is 3.28. The monoisotopic (exact) mass is 329 g/mol. The highest BCUT2D eigenvalue weighted by atomic mass is 31.2. The highest BCUT2D eigenvalue weighted by molar-refractivity contribution is 7.53. The van der Waals surface area contributed by atoms with Crippen molar-refractivity contribution in [3.8, 4) is 0 Å². The van der Waals surface area contributed by atoms with E-state index in [0.29, 0.717) is 31.9 Å². The minimum atomic E-state index is -3.17. The Bertz CT molecular complexity index is 652. The fraction of sp³-hybridized carbons (Fsp3) is 0.583. The molecule has 0 aliphatic carbocycles. The fourth-order valence-electron chi connectivity index (χ4n) is 1.92. The van der Waals surface area contributed by atoms with Crippen molar-refractivity contribution in [2.45, 2.75) is 20.3 Å².